The normalized spacial score (nSPS) is 14.8. The van der Waals surface area contributed by atoms with E-state index in [2.05, 4.69) is 42.1 Å². The van der Waals surface area contributed by atoms with Gasteiger partial charge < -0.3 is 15.0 Å². The molecule has 2 aromatic carbocycles. The first-order chi connectivity index (χ1) is 16.9. The first-order valence-corrected chi connectivity index (χ1v) is 11.0. The molecule has 2 N–H and O–H groups in total. The van der Waals surface area contributed by atoms with E-state index in [0.717, 1.165) is 38.1 Å². The summed E-state index contributed by atoms with van der Waals surface area (Å²) in [5, 5.41) is 9.62. The lowest BCUT2D eigenvalue weighted by atomic mass is 10.2. The molecule has 3 aromatic rings. The number of hydrogen-bond donors (Lipinski definition) is 2. The molecule has 0 amide bonds. The molecular weight excluding hydrogens is 459 g/mol. The molecule has 1 aliphatic rings. The van der Waals surface area contributed by atoms with Crippen molar-refractivity contribution in [3.8, 4) is 17.1 Å². The Labute approximate surface area is 200 Å². The van der Waals surface area contributed by atoms with Crippen LogP contribution in [0.1, 0.15) is 25.3 Å². The number of guanidine groups is 1. The minimum absolute atomic E-state index is 0.136. The van der Waals surface area contributed by atoms with Gasteiger partial charge in [-0.05, 0) is 62.9 Å². The molecular formula is C24H24F3N7O. The number of benzene rings is 2. The molecule has 0 radical (unpaired) electrons. The number of rotatable bonds is 6. The number of aliphatic imine (C=N–C) groups is 2. The van der Waals surface area contributed by atoms with Crippen LogP contribution in [0.5, 0.6) is 5.75 Å². The Bertz CT molecular complexity index is 1240. The predicted molar refractivity (Wildman–Crippen MR) is 129 cm³/mol. The van der Waals surface area contributed by atoms with E-state index < -0.39 is 11.7 Å². The molecule has 182 valence electrons. The van der Waals surface area contributed by atoms with Crippen molar-refractivity contribution in [2.24, 2.45) is 9.98 Å². The third-order valence-corrected chi connectivity index (χ3v) is 5.25. The van der Waals surface area contributed by atoms with Gasteiger partial charge in [0.1, 0.15) is 5.75 Å². The first kappa shape index (κ1) is 24.0. The van der Waals surface area contributed by atoms with Crippen molar-refractivity contribution >= 4 is 24.3 Å². The lowest BCUT2D eigenvalue weighted by molar-refractivity contribution is -0.137. The average Bonchev–Trinajstić information content (AvgIpc) is 3.54. The summed E-state index contributed by atoms with van der Waals surface area (Å²) in [6, 6.07) is 12.0. The van der Waals surface area contributed by atoms with Gasteiger partial charge in [0, 0.05) is 24.3 Å². The van der Waals surface area contributed by atoms with Crippen molar-refractivity contribution in [3.05, 3.63) is 66.1 Å². The van der Waals surface area contributed by atoms with Crippen LogP contribution < -0.4 is 10.1 Å². The summed E-state index contributed by atoms with van der Waals surface area (Å²) in [6.07, 6.45) is -0.524. The Hall–Kier alpha value is -4.15. The zero-order chi connectivity index (χ0) is 24.8. The number of ether oxygens (including phenoxy) is 1. The molecule has 1 aliphatic heterocycles. The fourth-order valence-electron chi connectivity index (χ4n) is 3.54. The van der Waals surface area contributed by atoms with Gasteiger partial charge in [0.25, 0.3) is 0 Å². The van der Waals surface area contributed by atoms with Gasteiger partial charge in [-0.25, -0.2) is 4.99 Å². The van der Waals surface area contributed by atoms with E-state index >= 15 is 0 Å². The lowest BCUT2D eigenvalue weighted by Crippen LogP contribution is -2.26. The van der Waals surface area contributed by atoms with Crippen LogP contribution in [0.4, 0.5) is 24.8 Å². The van der Waals surface area contributed by atoms with Crippen molar-refractivity contribution in [2.75, 3.05) is 18.4 Å². The number of likely N-dealkylation sites (tertiary alicyclic amines) is 1. The van der Waals surface area contributed by atoms with E-state index in [1.165, 1.54) is 12.1 Å². The van der Waals surface area contributed by atoms with Crippen LogP contribution in [-0.4, -0.2) is 45.8 Å². The fourth-order valence-corrected chi connectivity index (χ4v) is 3.54. The Morgan fingerprint density at radius 3 is 2.66 bits per heavy atom. The quantitative estimate of drug-likeness (QED) is 0.270. The zero-order valence-electron chi connectivity index (χ0n) is 19.0. The van der Waals surface area contributed by atoms with Gasteiger partial charge in [0.2, 0.25) is 17.8 Å². The van der Waals surface area contributed by atoms with E-state index in [9.17, 15) is 13.2 Å². The SMILES string of the molecule is C=N/C(=N\C(=C/C)Oc1cccc(-c2nc(Nc3cccc(C(F)(F)F)c3)n[nH]2)c1)N1CCCC1. The minimum Gasteiger partial charge on any atom is -0.439 e. The monoisotopic (exact) mass is 483 g/mol. The van der Waals surface area contributed by atoms with Crippen LogP contribution in [0.25, 0.3) is 11.4 Å². The highest BCUT2D eigenvalue weighted by atomic mass is 19.4. The number of nitrogens with one attached hydrogen (secondary N) is 2. The number of aromatic amines is 1. The number of allylic oxidation sites excluding steroid dienone is 1. The number of halogens is 3. The van der Waals surface area contributed by atoms with Gasteiger partial charge in [-0.3, -0.25) is 5.10 Å². The third-order valence-electron chi connectivity index (χ3n) is 5.25. The summed E-state index contributed by atoms with van der Waals surface area (Å²) in [4.78, 5) is 14.9. The molecule has 1 fully saturated rings. The van der Waals surface area contributed by atoms with Crippen LogP contribution in [-0.2, 0) is 6.18 Å². The van der Waals surface area contributed by atoms with Crippen molar-refractivity contribution in [1.82, 2.24) is 20.1 Å². The zero-order valence-corrected chi connectivity index (χ0v) is 19.0. The Kier molecular flexibility index (Phi) is 7.14. The molecule has 0 atom stereocenters. The van der Waals surface area contributed by atoms with Crippen molar-refractivity contribution < 1.29 is 17.9 Å². The highest BCUT2D eigenvalue weighted by Gasteiger charge is 2.30. The number of aromatic nitrogens is 3. The number of anilines is 2. The van der Waals surface area contributed by atoms with Gasteiger partial charge >= 0.3 is 6.18 Å². The molecule has 4 rings (SSSR count). The summed E-state index contributed by atoms with van der Waals surface area (Å²) in [5.74, 6) is 1.97. The van der Waals surface area contributed by atoms with E-state index in [0.29, 0.717) is 29.0 Å². The maximum atomic E-state index is 13.0. The Morgan fingerprint density at radius 1 is 1.17 bits per heavy atom. The van der Waals surface area contributed by atoms with Crippen molar-refractivity contribution in [1.29, 1.82) is 0 Å². The van der Waals surface area contributed by atoms with E-state index in [4.69, 9.17) is 4.74 Å². The summed E-state index contributed by atoms with van der Waals surface area (Å²) < 4.78 is 44.8. The van der Waals surface area contributed by atoms with Crippen LogP contribution in [0.3, 0.4) is 0 Å². The second kappa shape index (κ2) is 10.4. The smallest absolute Gasteiger partial charge is 0.416 e. The molecule has 2 heterocycles. The fraction of sp³-hybridized carbons (Fsp3) is 0.250. The number of nitrogens with zero attached hydrogens (tertiary/aromatic N) is 5. The maximum absolute atomic E-state index is 13.0. The molecule has 35 heavy (non-hydrogen) atoms. The Balaban J connectivity index is 1.48. The molecule has 0 spiro atoms. The first-order valence-electron chi connectivity index (χ1n) is 11.0. The van der Waals surface area contributed by atoms with E-state index in [-0.39, 0.29) is 11.6 Å². The molecule has 1 saturated heterocycles. The van der Waals surface area contributed by atoms with Gasteiger partial charge in [-0.2, -0.15) is 23.1 Å². The largest absolute Gasteiger partial charge is 0.439 e. The third kappa shape index (κ3) is 6.05. The highest BCUT2D eigenvalue weighted by Crippen LogP contribution is 2.31. The summed E-state index contributed by atoms with van der Waals surface area (Å²) in [7, 11) is 0. The van der Waals surface area contributed by atoms with Crippen LogP contribution >= 0.6 is 0 Å². The summed E-state index contributed by atoms with van der Waals surface area (Å²) in [5.41, 5.74) is 0.140. The molecule has 0 bridgehead atoms. The molecule has 11 heteroatoms. The standard InChI is InChI=1S/C24H24F3N7O/c1-3-20(30-23(28-2)34-12-4-5-13-34)35-19-11-6-8-16(14-19)21-31-22(33-32-21)29-18-10-7-9-17(15-18)24(25,26)27/h3,6-11,14-15H,2,4-5,12-13H2,1H3,(H2,29,31,32,33)/b20-3+,30-23+. The molecule has 0 unspecified atom stereocenters. The van der Waals surface area contributed by atoms with Gasteiger partial charge in [0.15, 0.2) is 5.82 Å². The maximum Gasteiger partial charge on any atom is 0.416 e. The lowest BCUT2D eigenvalue weighted by Gasteiger charge is -2.16. The number of H-pyrrole nitrogens is 1. The Morgan fingerprint density at radius 2 is 1.94 bits per heavy atom. The van der Waals surface area contributed by atoms with Gasteiger partial charge in [-0.1, -0.05) is 18.2 Å². The van der Waals surface area contributed by atoms with Gasteiger partial charge in [-0.15, -0.1) is 5.10 Å². The molecule has 8 nitrogen and oxygen atoms in total. The van der Waals surface area contributed by atoms with E-state index in [1.54, 1.807) is 30.3 Å². The minimum atomic E-state index is -4.44. The van der Waals surface area contributed by atoms with Crippen molar-refractivity contribution in [2.45, 2.75) is 25.9 Å². The molecule has 0 saturated carbocycles. The van der Waals surface area contributed by atoms with Crippen molar-refractivity contribution in [3.63, 3.8) is 0 Å². The number of alkyl halides is 3. The van der Waals surface area contributed by atoms with Gasteiger partial charge in [0.05, 0.1) is 5.56 Å². The van der Waals surface area contributed by atoms with Crippen LogP contribution in [0, 0.1) is 0 Å². The van der Waals surface area contributed by atoms with Crippen LogP contribution in [0.2, 0.25) is 0 Å². The second-order valence-corrected chi connectivity index (χ2v) is 7.73. The molecule has 0 aliphatic carbocycles. The van der Waals surface area contributed by atoms with Crippen LogP contribution in [0.15, 0.2) is 70.5 Å². The molecule has 1 aromatic heterocycles. The highest BCUT2D eigenvalue weighted by molar-refractivity contribution is 5.85. The number of hydrogen-bond acceptors (Lipinski definition) is 5. The summed E-state index contributed by atoms with van der Waals surface area (Å²) >= 11 is 0. The summed E-state index contributed by atoms with van der Waals surface area (Å²) in [6.45, 7) is 7.19. The topological polar surface area (TPSA) is 90.8 Å². The average molecular weight is 483 g/mol. The second-order valence-electron chi connectivity index (χ2n) is 7.73. The predicted octanol–water partition coefficient (Wildman–Crippen LogP) is 5.63. The van der Waals surface area contributed by atoms with E-state index in [1.807, 2.05) is 6.92 Å².